The van der Waals surface area contributed by atoms with Crippen molar-refractivity contribution in [3.05, 3.63) is 88.4 Å². The van der Waals surface area contributed by atoms with Gasteiger partial charge >= 0.3 is 0 Å². The lowest BCUT2D eigenvalue weighted by Crippen LogP contribution is -2.19. The van der Waals surface area contributed by atoms with Crippen molar-refractivity contribution in [2.75, 3.05) is 17.6 Å². The number of nitrogen functional groups attached to an aromatic ring is 1. The summed E-state index contributed by atoms with van der Waals surface area (Å²) in [5, 5.41) is 12.3. The molecular formula is C23H19FN6O. The second kappa shape index (κ2) is 8.63. The van der Waals surface area contributed by atoms with Crippen molar-refractivity contribution in [3.8, 4) is 17.2 Å². The zero-order valence-electron chi connectivity index (χ0n) is 16.5. The summed E-state index contributed by atoms with van der Waals surface area (Å²) in [7, 11) is 0. The van der Waals surface area contributed by atoms with E-state index in [1.807, 2.05) is 42.5 Å². The first-order chi connectivity index (χ1) is 15.1. The van der Waals surface area contributed by atoms with Crippen LogP contribution in [0.25, 0.3) is 16.6 Å². The fourth-order valence-electron chi connectivity index (χ4n) is 3.53. The van der Waals surface area contributed by atoms with Crippen molar-refractivity contribution in [2.45, 2.75) is 12.8 Å². The summed E-state index contributed by atoms with van der Waals surface area (Å²) in [5.74, 6) is 0.0384. The number of benzene rings is 1. The Morgan fingerprint density at radius 1 is 1.16 bits per heavy atom. The standard InChI is InChI=1S/C23H19FN6O/c24-17-8-9-18-11-16(7-4-10-27-22-19(12-25)21(26)28-14-29-22)20(23(31)30(18)13-17)15-5-2-1-3-6-15/h1-3,5-6,8-9,11,13-14H,4,7,10H2,(H3,26,27,28,29). The minimum absolute atomic E-state index is 0.126. The Hall–Kier alpha value is -4.25. The number of hydrogen-bond acceptors (Lipinski definition) is 6. The van der Waals surface area contributed by atoms with Crippen molar-refractivity contribution < 1.29 is 4.39 Å². The van der Waals surface area contributed by atoms with Crippen LogP contribution in [0, 0.1) is 17.1 Å². The molecule has 4 rings (SSSR count). The molecule has 0 atom stereocenters. The summed E-state index contributed by atoms with van der Waals surface area (Å²) in [4.78, 5) is 21.1. The van der Waals surface area contributed by atoms with Gasteiger partial charge in [-0.15, -0.1) is 0 Å². The highest BCUT2D eigenvalue weighted by Crippen LogP contribution is 2.23. The molecule has 154 valence electrons. The molecular weight excluding hydrogens is 395 g/mol. The number of halogens is 1. The largest absolute Gasteiger partial charge is 0.382 e. The van der Waals surface area contributed by atoms with Gasteiger partial charge in [0.2, 0.25) is 0 Å². The third-order valence-electron chi connectivity index (χ3n) is 4.99. The maximum atomic E-state index is 13.7. The van der Waals surface area contributed by atoms with Crippen molar-refractivity contribution in [3.63, 3.8) is 0 Å². The predicted molar refractivity (Wildman–Crippen MR) is 117 cm³/mol. The van der Waals surface area contributed by atoms with Crippen LogP contribution in [0.4, 0.5) is 16.0 Å². The van der Waals surface area contributed by atoms with Gasteiger partial charge in [0.1, 0.15) is 35.4 Å². The number of nitriles is 1. The lowest BCUT2D eigenvalue weighted by Gasteiger charge is -2.13. The van der Waals surface area contributed by atoms with Gasteiger partial charge in [0.15, 0.2) is 0 Å². The maximum absolute atomic E-state index is 13.7. The monoisotopic (exact) mass is 414 g/mol. The van der Waals surface area contributed by atoms with E-state index in [1.54, 1.807) is 6.07 Å². The molecule has 4 aromatic rings. The molecule has 0 aliphatic heterocycles. The summed E-state index contributed by atoms with van der Waals surface area (Å²) >= 11 is 0. The summed E-state index contributed by atoms with van der Waals surface area (Å²) in [6.07, 6.45) is 3.78. The molecule has 8 heteroatoms. The molecule has 3 heterocycles. The van der Waals surface area contributed by atoms with Crippen LogP contribution in [-0.4, -0.2) is 20.9 Å². The second-order valence-electron chi connectivity index (χ2n) is 6.98. The van der Waals surface area contributed by atoms with Crippen LogP contribution in [0.2, 0.25) is 0 Å². The quantitative estimate of drug-likeness (QED) is 0.468. The molecule has 3 aromatic heterocycles. The van der Waals surface area contributed by atoms with Gasteiger partial charge in [-0.3, -0.25) is 9.20 Å². The van der Waals surface area contributed by atoms with Crippen molar-refractivity contribution in [1.82, 2.24) is 14.4 Å². The number of nitrogens with two attached hydrogens (primary N) is 1. The molecule has 31 heavy (non-hydrogen) atoms. The van der Waals surface area contributed by atoms with Gasteiger partial charge in [0, 0.05) is 18.3 Å². The van der Waals surface area contributed by atoms with E-state index >= 15 is 0 Å². The molecule has 0 spiro atoms. The van der Waals surface area contributed by atoms with E-state index < -0.39 is 5.82 Å². The summed E-state index contributed by atoms with van der Waals surface area (Å²) < 4.78 is 15.1. The van der Waals surface area contributed by atoms with E-state index in [-0.39, 0.29) is 16.9 Å². The van der Waals surface area contributed by atoms with Crippen molar-refractivity contribution in [2.24, 2.45) is 0 Å². The van der Waals surface area contributed by atoms with Gasteiger partial charge in [0.05, 0.1) is 5.56 Å². The summed E-state index contributed by atoms with van der Waals surface area (Å²) in [6, 6.07) is 16.2. The van der Waals surface area contributed by atoms with Crippen LogP contribution in [0.3, 0.4) is 0 Å². The van der Waals surface area contributed by atoms with E-state index in [2.05, 4.69) is 15.3 Å². The molecule has 0 aliphatic carbocycles. The van der Waals surface area contributed by atoms with Crippen LogP contribution >= 0.6 is 0 Å². The fraction of sp³-hybridized carbons (Fsp3) is 0.130. The third-order valence-corrected chi connectivity index (χ3v) is 4.99. The number of hydrogen-bond donors (Lipinski definition) is 2. The highest BCUT2D eigenvalue weighted by molar-refractivity contribution is 5.70. The SMILES string of the molecule is N#Cc1c(N)ncnc1NCCCc1cc2ccc(F)cn2c(=O)c1-c1ccccc1. The second-order valence-corrected chi connectivity index (χ2v) is 6.98. The minimum Gasteiger partial charge on any atom is -0.382 e. The summed E-state index contributed by atoms with van der Waals surface area (Å²) in [5.41, 5.74) is 8.49. The maximum Gasteiger partial charge on any atom is 0.263 e. The number of fused-ring (bicyclic) bond motifs is 1. The van der Waals surface area contributed by atoms with Crippen LogP contribution in [0.1, 0.15) is 17.5 Å². The molecule has 1 aromatic carbocycles. The van der Waals surface area contributed by atoms with E-state index in [0.29, 0.717) is 36.3 Å². The summed E-state index contributed by atoms with van der Waals surface area (Å²) in [6.45, 7) is 0.516. The number of aryl methyl sites for hydroxylation is 1. The van der Waals surface area contributed by atoms with E-state index in [0.717, 1.165) is 11.1 Å². The van der Waals surface area contributed by atoms with Gasteiger partial charge in [-0.1, -0.05) is 30.3 Å². The van der Waals surface area contributed by atoms with Gasteiger partial charge in [-0.25, -0.2) is 14.4 Å². The van der Waals surface area contributed by atoms with Gasteiger partial charge in [-0.05, 0) is 42.2 Å². The number of anilines is 2. The number of nitrogens with zero attached hydrogens (tertiary/aromatic N) is 4. The molecule has 7 nitrogen and oxygen atoms in total. The van der Waals surface area contributed by atoms with Crippen molar-refractivity contribution in [1.29, 1.82) is 5.26 Å². The van der Waals surface area contributed by atoms with Gasteiger partial charge < -0.3 is 11.1 Å². The molecule has 0 amide bonds. The lowest BCUT2D eigenvalue weighted by molar-refractivity contribution is 0.618. The smallest absolute Gasteiger partial charge is 0.263 e. The highest BCUT2D eigenvalue weighted by Gasteiger charge is 2.14. The number of rotatable bonds is 6. The van der Waals surface area contributed by atoms with Crippen LogP contribution in [0.15, 0.2) is 65.8 Å². The first-order valence-corrected chi connectivity index (χ1v) is 9.72. The first kappa shape index (κ1) is 20.0. The Bertz CT molecular complexity index is 1340. The molecule has 0 unspecified atom stereocenters. The number of nitrogens with one attached hydrogen (secondary N) is 1. The van der Waals surface area contributed by atoms with Crippen LogP contribution in [0.5, 0.6) is 0 Å². The Morgan fingerprint density at radius 2 is 1.97 bits per heavy atom. The van der Waals surface area contributed by atoms with Crippen LogP contribution < -0.4 is 16.6 Å². The topological polar surface area (TPSA) is 109 Å². The average molecular weight is 414 g/mol. The molecule has 0 saturated heterocycles. The highest BCUT2D eigenvalue weighted by atomic mass is 19.1. The predicted octanol–water partition coefficient (Wildman–Crippen LogP) is 3.39. The third kappa shape index (κ3) is 4.07. The van der Waals surface area contributed by atoms with Gasteiger partial charge in [-0.2, -0.15) is 5.26 Å². The Labute approximate surface area is 177 Å². The Kier molecular flexibility index (Phi) is 5.58. The molecule has 3 N–H and O–H groups in total. The molecule has 0 aliphatic rings. The van der Waals surface area contributed by atoms with E-state index in [1.165, 1.54) is 23.0 Å². The van der Waals surface area contributed by atoms with Crippen LogP contribution in [-0.2, 0) is 6.42 Å². The Morgan fingerprint density at radius 3 is 2.74 bits per heavy atom. The molecule has 0 saturated carbocycles. The van der Waals surface area contributed by atoms with Gasteiger partial charge in [0.25, 0.3) is 5.56 Å². The van der Waals surface area contributed by atoms with E-state index in [4.69, 9.17) is 5.73 Å². The Balaban J connectivity index is 1.63. The number of aromatic nitrogens is 3. The average Bonchev–Trinajstić information content (AvgIpc) is 2.78. The zero-order chi connectivity index (χ0) is 21.8. The number of pyridine rings is 2. The van der Waals surface area contributed by atoms with E-state index in [9.17, 15) is 14.4 Å². The first-order valence-electron chi connectivity index (χ1n) is 9.72. The molecule has 0 bridgehead atoms. The minimum atomic E-state index is -0.469. The molecule has 0 radical (unpaired) electrons. The molecule has 0 fully saturated rings. The normalized spacial score (nSPS) is 10.7. The lowest BCUT2D eigenvalue weighted by atomic mass is 9.97. The fourth-order valence-corrected chi connectivity index (χ4v) is 3.53. The van der Waals surface area contributed by atoms with Crippen molar-refractivity contribution >= 4 is 17.2 Å². The zero-order valence-corrected chi connectivity index (χ0v) is 16.5.